The van der Waals surface area contributed by atoms with Gasteiger partial charge < -0.3 is 15.2 Å². The van der Waals surface area contributed by atoms with Crippen molar-refractivity contribution in [3.8, 4) is 5.75 Å². The molecular weight excluding hydrogens is 364 g/mol. The Morgan fingerprint density at radius 3 is 2.36 bits per heavy atom. The van der Waals surface area contributed by atoms with E-state index in [0.717, 1.165) is 5.56 Å². The van der Waals surface area contributed by atoms with Crippen LogP contribution in [-0.4, -0.2) is 35.1 Å². The van der Waals surface area contributed by atoms with Crippen molar-refractivity contribution in [3.05, 3.63) is 68.3 Å². The van der Waals surface area contributed by atoms with Crippen LogP contribution in [0.2, 0.25) is 0 Å². The minimum Gasteiger partial charge on any atom is -0.482 e. The Kier molecular flexibility index (Phi) is 6.70. The zero-order chi connectivity index (χ0) is 20.8. The third kappa shape index (κ3) is 5.06. The summed E-state index contributed by atoms with van der Waals surface area (Å²) in [4.78, 5) is 33.8. The summed E-state index contributed by atoms with van der Waals surface area (Å²) in [6.07, 6.45) is 0.553. The van der Waals surface area contributed by atoms with Gasteiger partial charge in [-0.05, 0) is 56.5 Å². The van der Waals surface area contributed by atoms with Crippen molar-refractivity contribution >= 4 is 17.6 Å². The molecular formula is C20H22N2O6. The van der Waals surface area contributed by atoms with Crippen LogP contribution >= 0.6 is 0 Å². The van der Waals surface area contributed by atoms with Gasteiger partial charge in [-0.1, -0.05) is 12.1 Å². The van der Waals surface area contributed by atoms with Gasteiger partial charge in [-0.25, -0.2) is 4.79 Å². The first-order valence-electron chi connectivity index (χ1n) is 8.67. The van der Waals surface area contributed by atoms with Gasteiger partial charge in [0.25, 0.3) is 11.6 Å². The Morgan fingerprint density at radius 2 is 1.79 bits per heavy atom. The molecule has 0 saturated carbocycles. The standard InChI is InChI=1S/C20H22N2O6/c1-12-10-13(2)19(22(26)27)14(3)18(12)20(25)21-9-8-15-4-6-16(7-5-15)28-11-17(23)24/h4-7,10H,8-9,11H2,1-3H3,(H,21,25)(H,23,24). The molecule has 0 aliphatic carbocycles. The van der Waals surface area contributed by atoms with Crippen LogP contribution in [0.25, 0.3) is 0 Å². The predicted molar refractivity (Wildman–Crippen MR) is 103 cm³/mol. The molecule has 0 heterocycles. The van der Waals surface area contributed by atoms with E-state index in [0.29, 0.717) is 41.0 Å². The number of hydrogen-bond acceptors (Lipinski definition) is 5. The van der Waals surface area contributed by atoms with Crippen LogP contribution in [0.3, 0.4) is 0 Å². The molecule has 0 radical (unpaired) electrons. The van der Waals surface area contributed by atoms with Crippen molar-refractivity contribution in [2.75, 3.05) is 13.2 Å². The minimum atomic E-state index is -1.05. The van der Waals surface area contributed by atoms with Crippen molar-refractivity contribution in [2.24, 2.45) is 0 Å². The molecule has 0 fully saturated rings. The number of benzene rings is 2. The van der Waals surface area contributed by atoms with Crippen LogP contribution in [-0.2, 0) is 11.2 Å². The molecule has 0 aliphatic rings. The number of carbonyl (C=O) groups excluding carboxylic acids is 1. The second kappa shape index (κ2) is 8.98. The molecule has 0 spiro atoms. The van der Waals surface area contributed by atoms with Crippen LogP contribution in [0.1, 0.15) is 32.6 Å². The van der Waals surface area contributed by atoms with E-state index in [1.807, 2.05) is 0 Å². The summed E-state index contributed by atoms with van der Waals surface area (Å²) in [6, 6.07) is 8.55. The number of nitrogens with one attached hydrogen (secondary N) is 1. The van der Waals surface area contributed by atoms with E-state index in [9.17, 15) is 19.7 Å². The number of aliphatic carboxylic acids is 1. The zero-order valence-electron chi connectivity index (χ0n) is 15.9. The summed E-state index contributed by atoms with van der Waals surface area (Å²) in [5.74, 6) is -0.943. The first-order valence-corrected chi connectivity index (χ1v) is 8.67. The van der Waals surface area contributed by atoms with Crippen LogP contribution in [0, 0.1) is 30.9 Å². The lowest BCUT2D eigenvalue weighted by Gasteiger charge is -2.13. The average molecular weight is 386 g/mol. The third-order valence-corrected chi connectivity index (χ3v) is 4.33. The number of nitrogens with zero attached hydrogens (tertiary/aromatic N) is 1. The number of carboxylic acids is 1. The summed E-state index contributed by atoms with van der Waals surface area (Å²) < 4.78 is 5.07. The average Bonchev–Trinajstić information content (AvgIpc) is 2.60. The molecule has 0 unspecified atom stereocenters. The smallest absolute Gasteiger partial charge is 0.341 e. The molecule has 8 heteroatoms. The molecule has 2 aromatic rings. The Balaban J connectivity index is 2.00. The number of carbonyl (C=O) groups is 2. The lowest BCUT2D eigenvalue weighted by Crippen LogP contribution is -2.27. The van der Waals surface area contributed by atoms with Gasteiger partial charge in [0.15, 0.2) is 6.61 Å². The Bertz CT molecular complexity index is 906. The maximum absolute atomic E-state index is 12.6. The highest BCUT2D eigenvalue weighted by Crippen LogP contribution is 2.28. The third-order valence-electron chi connectivity index (χ3n) is 4.33. The van der Waals surface area contributed by atoms with Crippen LogP contribution in [0.5, 0.6) is 5.75 Å². The lowest BCUT2D eigenvalue weighted by atomic mass is 9.96. The first kappa shape index (κ1) is 20.9. The summed E-state index contributed by atoms with van der Waals surface area (Å²) >= 11 is 0. The largest absolute Gasteiger partial charge is 0.482 e. The van der Waals surface area contributed by atoms with E-state index >= 15 is 0 Å². The van der Waals surface area contributed by atoms with Crippen molar-refractivity contribution in [2.45, 2.75) is 27.2 Å². The minimum absolute atomic E-state index is 0.0345. The molecule has 0 atom stereocenters. The maximum atomic E-state index is 12.6. The summed E-state index contributed by atoms with van der Waals surface area (Å²) in [7, 11) is 0. The van der Waals surface area contributed by atoms with Crippen LogP contribution < -0.4 is 10.1 Å². The lowest BCUT2D eigenvalue weighted by molar-refractivity contribution is -0.386. The fraction of sp³-hybridized carbons (Fsp3) is 0.300. The topological polar surface area (TPSA) is 119 Å². The first-order chi connectivity index (χ1) is 13.2. The van der Waals surface area contributed by atoms with Gasteiger partial charge in [-0.15, -0.1) is 0 Å². The highest BCUT2D eigenvalue weighted by Gasteiger charge is 2.23. The Labute approximate surface area is 162 Å². The van der Waals surface area contributed by atoms with Crippen LogP contribution in [0.4, 0.5) is 5.69 Å². The molecule has 2 rings (SSSR count). The highest BCUT2D eigenvalue weighted by atomic mass is 16.6. The zero-order valence-corrected chi connectivity index (χ0v) is 15.9. The van der Waals surface area contributed by atoms with Gasteiger partial charge in [-0.2, -0.15) is 0 Å². The van der Waals surface area contributed by atoms with Gasteiger partial charge in [0, 0.05) is 17.7 Å². The van der Waals surface area contributed by atoms with Crippen molar-refractivity contribution in [1.29, 1.82) is 0 Å². The molecule has 0 aliphatic heterocycles. The highest BCUT2D eigenvalue weighted by molar-refractivity contribution is 5.98. The van der Waals surface area contributed by atoms with Gasteiger partial charge >= 0.3 is 5.97 Å². The second-order valence-corrected chi connectivity index (χ2v) is 6.45. The molecule has 8 nitrogen and oxygen atoms in total. The van der Waals surface area contributed by atoms with E-state index in [1.165, 1.54) is 0 Å². The summed E-state index contributed by atoms with van der Waals surface area (Å²) in [6.45, 7) is 4.95. The SMILES string of the molecule is Cc1cc(C)c([N+](=O)[O-])c(C)c1C(=O)NCCc1ccc(OCC(=O)O)cc1. The normalized spacial score (nSPS) is 10.4. The number of amides is 1. The molecule has 1 amide bonds. The molecule has 2 aromatic carbocycles. The number of aryl methyl sites for hydroxylation is 2. The van der Waals surface area contributed by atoms with E-state index in [1.54, 1.807) is 51.1 Å². The van der Waals surface area contributed by atoms with Gasteiger partial charge in [0.2, 0.25) is 0 Å². The number of hydrogen-bond donors (Lipinski definition) is 2. The number of nitro benzene ring substituents is 1. The number of carboxylic acid groups (broad SMARTS) is 1. The number of nitro groups is 1. The second-order valence-electron chi connectivity index (χ2n) is 6.45. The predicted octanol–water partition coefficient (Wildman–Crippen LogP) is 2.96. The van der Waals surface area contributed by atoms with Gasteiger partial charge in [0.05, 0.1) is 10.5 Å². The van der Waals surface area contributed by atoms with Gasteiger partial charge in [-0.3, -0.25) is 14.9 Å². The molecule has 2 N–H and O–H groups in total. The molecule has 0 aromatic heterocycles. The molecule has 0 bridgehead atoms. The summed E-state index contributed by atoms with van der Waals surface area (Å²) in [5, 5.41) is 22.7. The molecule has 148 valence electrons. The Morgan fingerprint density at radius 1 is 1.14 bits per heavy atom. The van der Waals surface area contributed by atoms with E-state index in [4.69, 9.17) is 9.84 Å². The fourth-order valence-corrected chi connectivity index (χ4v) is 3.11. The Hall–Kier alpha value is -3.42. The molecule has 0 saturated heterocycles. The van der Waals surface area contributed by atoms with E-state index in [-0.39, 0.29) is 11.6 Å². The number of rotatable bonds is 8. The van der Waals surface area contributed by atoms with Gasteiger partial charge in [0.1, 0.15) is 5.75 Å². The fourth-order valence-electron chi connectivity index (χ4n) is 3.11. The van der Waals surface area contributed by atoms with Crippen LogP contribution in [0.15, 0.2) is 30.3 Å². The molecule has 28 heavy (non-hydrogen) atoms. The monoisotopic (exact) mass is 386 g/mol. The maximum Gasteiger partial charge on any atom is 0.341 e. The van der Waals surface area contributed by atoms with Crippen molar-refractivity contribution in [3.63, 3.8) is 0 Å². The quantitative estimate of drug-likeness (QED) is 0.532. The van der Waals surface area contributed by atoms with Crippen molar-refractivity contribution in [1.82, 2.24) is 5.32 Å². The van der Waals surface area contributed by atoms with Crippen molar-refractivity contribution < 1.29 is 24.4 Å². The number of ether oxygens (including phenoxy) is 1. The van der Waals surface area contributed by atoms with E-state index in [2.05, 4.69) is 5.32 Å². The summed E-state index contributed by atoms with van der Waals surface area (Å²) in [5.41, 5.74) is 2.81. The van der Waals surface area contributed by atoms with E-state index < -0.39 is 17.5 Å².